The number of nitrogens with one attached hydrogen (secondary N) is 1. The number of carbonyl (C=O) groups excluding carboxylic acids is 1. The van der Waals surface area contributed by atoms with Gasteiger partial charge in [0.25, 0.3) is 0 Å². The lowest BCUT2D eigenvalue weighted by Gasteiger charge is -2.49. The Morgan fingerprint density at radius 3 is 2.41 bits per heavy atom. The topological polar surface area (TPSA) is 65.8 Å². The van der Waals surface area contributed by atoms with Gasteiger partial charge in [-0.05, 0) is 53.5 Å². The number of hydrogen-bond acceptors (Lipinski definition) is 3. The molecule has 2 heterocycles. The molecule has 0 saturated carbocycles. The second-order valence-electron chi connectivity index (χ2n) is 8.02. The van der Waals surface area contributed by atoms with E-state index in [1.807, 2.05) is 23.6 Å². The Hall–Kier alpha value is -1.32. The molecule has 2 rings (SSSR count). The molecule has 1 aromatic rings. The summed E-state index contributed by atoms with van der Waals surface area (Å²) in [5.41, 5.74) is 3.32. The van der Waals surface area contributed by atoms with Crippen LogP contribution in [0.4, 0.5) is 0 Å². The maximum Gasteiger partial charge on any atom is 0.242 e. The third kappa shape index (κ3) is 5.14. The molecule has 0 unspecified atom stereocenters. The second kappa shape index (κ2) is 9.25. The lowest BCUT2D eigenvalue weighted by atomic mass is 9.96. The van der Waals surface area contributed by atoms with Crippen molar-refractivity contribution in [3.63, 3.8) is 0 Å². The molecule has 1 aliphatic rings. The number of halogens is 1. The zero-order valence-corrected chi connectivity index (χ0v) is 20.3. The maximum atomic E-state index is 12.7. The smallest absolute Gasteiger partial charge is 0.242 e. The van der Waals surface area contributed by atoms with Crippen LogP contribution in [0, 0.1) is 13.8 Å². The summed E-state index contributed by atoms with van der Waals surface area (Å²) in [4.78, 5) is 21.1. The zero-order chi connectivity index (χ0) is 19.6. The van der Waals surface area contributed by atoms with Crippen LogP contribution in [0.15, 0.2) is 4.99 Å². The molecule has 1 aliphatic heterocycles. The van der Waals surface area contributed by atoms with E-state index in [0.717, 1.165) is 31.2 Å². The first-order valence-electron chi connectivity index (χ1n) is 9.35. The van der Waals surface area contributed by atoms with Gasteiger partial charge in [-0.1, -0.05) is 0 Å². The molecule has 0 aliphatic carbocycles. The summed E-state index contributed by atoms with van der Waals surface area (Å²) >= 11 is 0. The van der Waals surface area contributed by atoms with Crippen molar-refractivity contribution in [2.75, 3.05) is 26.7 Å². The van der Waals surface area contributed by atoms with E-state index < -0.39 is 0 Å². The van der Waals surface area contributed by atoms with Crippen LogP contribution in [0.5, 0.6) is 0 Å². The minimum atomic E-state index is -0.225. The van der Waals surface area contributed by atoms with Gasteiger partial charge in [0.1, 0.15) is 0 Å². The SMILES string of the molecule is CN=C(NCCc1c(C)nn(C)c1C)N1CC(=O)N(C(C)C)C(C)(C)C1.I. The summed E-state index contributed by atoms with van der Waals surface area (Å²) < 4.78 is 1.92. The Kier molecular flexibility index (Phi) is 8.13. The first-order chi connectivity index (χ1) is 12.1. The van der Waals surface area contributed by atoms with Crippen molar-refractivity contribution in [2.45, 2.75) is 59.5 Å². The number of hydrogen-bond donors (Lipinski definition) is 1. The fourth-order valence-corrected chi connectivity index (χ4v) is 4.12. The highest BCUT2D eigenvalue weighted by molar-refractivity contribution is 14.0. The van der Waals surface area contributed by atoms with E-state index in [-0.39, 0.29) is 41.5 Å². The fraction of sp³-hybridized carbons (Fsp3) is 0.737. The van der Waals surface area contributed by atoms with Crippen molar-refractivity contribution < 1.29 is 4.79 Å². The molecule has 7 nitrogen and oxygen atoms in total. The largest absolute Gasteiger partial charge is 0.356 e. The lowest BCUT2D eigenvalue weighted by molar-refractivity contribution is -0.145. The molecule has 1 aromatic heterocycles. The lowest BCUT2D eigenvalue weighted by Crippen LogP contribution is -2.66. The minimum absolute atomic E-state index is 0. The monoisotopic (exact) mass is 490 g/mol. The molecule has 1 N–H and O–H groups in total. The quantitative estimate of drug-likeness (QED) is 0.399. The zero-order valence-electron chi connectivity index (χ0n) is 18.0. The normalized spacial score (nSPS) is 17.4. The van der Waals surface area contributed by atoms with E-state index in [4.69, 9.17) is 0 Å². The first kappa shape index (κ1) is 23.7. The summed E-state index contributed by atoms with van der Waals surface area (Å²) in [5, 5.41) is 7.89. The van der Waals surface area contributed by atoms with Gasteiger partial charge in [0.2, 0.25) is 5.91 Å². The van der Waals surface area contributed by atoms with Crippen LogP contribution in [0.2, 0.25) is 0 Å². The molecule has 0 atom stereocenters. The maximum absolute atomic E-state index is 12.7. The Morgan fingerprint density at radius 1 is 1.33 bits per heavy atom. The molecule has 0 aromatic carbocycles. The van der Waals surface area contributed by atoms with Crippen LogP contribution >= 0.6 is 24.0 Å². The van der Waals surface area contributed by atoms with Crippen molar-refractivity contribution in [1.82, 2.24) is 24.9 Å². The number of guanidine groups is 1. The van der Waals surface area contributed by atoms with E-state index in [0.29, 0.717) is 6.54 Å². The summed E-state index contributed by atoms with van der Waals surface area (Å²) in [7, 11) is 3.75. The summed E-state index contributed by atoms with van der Waals surface area (Å²) in [6, 6.07) is 0.200. The molecular formula is C19H35IN6O. The van der Waals surface area contributed by atoms with Crippen LogP contribution in [0.1, 0.15) is 44.6 Å². The number of aliphatic imine (C=N–C) groups is 1. The van der Waals surface area contributed by atoms with E-state index >= 15 is 0 Å². The van der Waals surface area contributed by atoms with E-state index in [1.165, 1.54) is 11.3 Å². The Labute approximate surface area is 180 Å². The summed E-state index contributed by atoms with van der Waals surface area (Å²) in [6.45, 7) is 14.4. The van der Waals surface area contributed by atoms with Gasteiger partial charge in [-0.15, -0.1) is 24.0 Å². The van der Waals surface area contributed by atoms with Gasteiger partial charge in [0, 0.05) is 38.9 Å². The molecule has 0 spiro atoms. The van der Waals surface area contributed by atoms with Crippen molar-refractivity contribution in [3.8, 4) is 0 Å². The average molecular weight is 490 g/mol. The van der Waals surface area contributed by atoms with Crippen molar-refractivity contribution in [1.29, 1.82) is 0 Å². The molecule has 0 radical (unpaired) electrons. The summed E-state index contributed by atoms with van der Waals surface area (Å²) in [6.07, 6.45) is 0.883. The minimum Gasteiger partial charge on any atom is -0.356 e. The molecular weight excluding hydrogens is 455 g/mol. The van der Waals surface area contributed by atoms with Gasteiger partial charge in [0.15, 0.2) is 5.96 Å². The predicted octanol–water partition coefficient (Wildman–Crippen LogP) is 2.10. The van der Waals surface area contributed by atoms with Gasteiger partial charge in [-0.2, -0.15) is 5.10 Å². The predicted molar refractivity (Wildman–Crippen MR) is 121 cm³/mol. The Balaban J connectivity index is 0.00000364. The van der Waals surface area contributed by atoms with Crippen LogP contribution in [0.3, 0.4) is 0 Å². The van der Waals surface area contributed by atoms with Gasteiger partial charge < -0.3 is 15.1 Å². The average Bonchev–Trinajstić information content (AvgIpc) is 2.75. The molecule has 8 heteroatoms. The molecule has 154 valence electrons. The van der Waals surface area contributed by atoms with Crippen LogP contribution < -0.4 is 5.32 Å². The Morgan fingerprint density at radius 2 is 1.96 bits per heavy atom. The highest BCUT2D eigenvalue weighted by Gasteiger charge is 2.40. The first-order valence-corrected chi connectivity index (χ1v) is 9.35. The molecule has 27 heavy (non-hydrogen) atoms. The fourth-order valence-electron chi connectivity index (χ4n) is 4.12. The molecule has 1 fully saturated rings. The van der Waals surface area contributed by atoms with Crippen LogP contribution in [-0.4, -0.2) is 69.7 Å². The number of amides is 1. The number of rotatable bonds is 4. The number of aryl methyl sites for hydroxylation is 2. The van der Waals surface area contributed by atoms with Crippen LogP contribution in [-0.2, 0) is 18.3 Å². The van der Waals surface area contributed by atoms with Gasteiger partial charge in [-0.25, -0.2) is 0 Å². The van der Waals surface area contributed by atoms with Gasteiger partial charge >= 0.3 is 0 Å². The number of nitrogens with zero attached hydrogens (tertiary/aromatic N) is 5. The van der Waals surface area contributed by atoms with Crippen molar-refractivity contribution >= 4 is 35.8 Å². The molecule has 1 saturated heterocycles. The molecule has 0 bridgehead atoms. The highest BCUT2D eigenvalue weighted by atomic mass is 127. The number of piperazine rings is 1. The van der Waals surface area contributed by atoms with E-state index in [9.17, 15) is 4.79 Å². The van der Waals surface area contributed by atoms with E-state index in [2.05, 4.69) is 54.9 Å². The van der Waals surface area contributed by atoms with Crippen LogP contribution in [0.25, 0.3) is 0 Å². The Bertz CT molecular complexity index is 695. The highest BCUT2D eigenvalue weighted by Crippen LogP contribution is 2.24. The standard InChI is InChI=1S/C19H34N6O.HI/c1-13(2)25-17(26)11-24(12-19(25,5)6)18(20-7)21-10-9-16-14(3)22-23(8)15(16)4;/h13H,9-12H2,1-8H3,(H,20,21);1H. The van der Waals surface area contributed by atoms with Crippen molar-refractivity contribution in [3.05, 3.63) is 17.0 Å². The summed E-state index contributed by atoms with van der Waals surface area (Å²) in [5.74, 6) is 0.937. The molecule has 1 amide bonds. The second-order valence-corrected chi connectivity index (χ2v) is 8.02. The van der Waals surface area contributed by atoms with E-state index in [1.54, 1.807) is 7.05 Å². The number of aromatic nitrogens is 2. The van der Waals surface area contributed by atoms with Crippen molar-refractivity contribution in [2.24, 2.45) is 12.0 Å². The van der Waals surface area contributed by atoms with Gasteiger partial charge in [-0.3, -0.25) is 14.5 Å². The van der Waals surface area contributed by atoms with Gasteiger partial charge in [0.05, 0.1) is 17.8 Å². The third-order valence-electron chi connectivity index (χ3n) is 5.17. The number of carbonyl (C=O) groups is 1. The third-order valence-corrected chi connectivity index (χ3v) is 5.17.